The third-order valence-electron chi connectivity index (χ3n) is 2.90. The summed E-state index contributed by atoms with van der Waals surface area (Å²) in [4.78, 5) is 11.9. The van der Waals surface area contributed by atoms with E-state index in [1.54, 1.807) is 0 Å². The Morgan fingerprint density at radius 2 is 1.83 bits per heavy atom. The number of unbranched alkanes of at least 4 members (excludes halogenated alkanes) is 1. The number of ether oxygens (including phenoxy) is 2. The molecule has 4 nitrogen and oxygen atoms in total. The molecule has 4 heteroatoms. The number of nitrogens with one attached hydrogen (secondary N) is 1. The normalized spacial score (nSPS) is 14.2. The Morgan fingerprint density at radius 3 is 2.39 bits per heavy atom. The second kappa shape index (κ2) is 10.3. The van der Waals surface area contributed by atoms with Gasteiger partial charge in [0.1, 0.15) is 5.54 Å². The predicted molar refractivity (Wildman–Crippen MR) is 73.7 cm³/mol. The van der Waals surface area contributed by atoms with Crippen LogP contribution in [0.1, 0.15) is 53.4 Å². The molecule has 0 amide bonds. The molecule has 1 atom stereocenters. The highest BCUT2D eigenvalue weighted by Gasteiger charge is 2.32. The number of rotatable bonds is 11. The quantitative estimate of drug-likeness (QED) is 0.457. The molecule has 0 rings (SSSR count). The van der Waals surface area contributed by atoms with E-state index in [1.165, 1.54) is 0 Å². The molecule has 0 aliphatic rings. The van der Waals surface area contributed by atoms with Gasteiger partial charge in [0.25, 0.3) is 0 Å². The molecule has 0 aliphatic heterocycles. The minimum absolute atomic E-state index is 0.166. The Balaban J connectivity index is 3.98. The fourth-order valence-electron chi connectivity index (χ4n) is 1.82. The van der Waals surface area contributed by atoms with Crippen LogP contribution in [0, 0.1) is 0 Å². The summed E-state index contributed by atoms with van der Waals surface area (Å²) in [7, 11) is 0. The predicted octanol–water partition coefficient (Wildman–Crippen LogP) is 2.51. The van der Waals surface area contributed by atoms with Crippen molar-refractivity contribution in [2.24, 2.45) is 0 Å². The van der Waals surface area contributed by atoms with Gasteiger partial charge in [-0.25, -0.2) is 0 Å². The van der Waals surface area contributed by atoms with E-state index in [2.05, 4.69) is 12.2 Å². The summed E-state index contributed by atoms with van der Waals surface area (Å²) in [5.41, 5.74) is -0.584. The fraction of sp³-hybridized carbons (Fsp3) is 0.929. The van der Waals surface area contributed by atoms with Gasteiger partial charge in [0.2, 0.25) is 0 Å². The third-order valence-corrected chi connectivity index (χ3v) is 2.90. The molecular formula is C14H29NO3. The van der Waals surface area contributed by atoms with Crippen LogP contribution in [-0.2, 0) is 14.3 Å². The maximum absolute atomic E-state index is 11.9. The molecule has 0 fully saturated rings. The smallest absolute Gasteiger partial charge is 0.326 e. The Hall–Kier alpha value is -0.610. The van der Waals surface area contributed by atoms with Gasteiger partial charge in [0.05, 0.1) is 6.61 Å². The molecule has 18 heavy (non-hydrogen) atoms. The Labute approximate surface area is 111 Å². The number of carbonyl (C=O) groups excluding carboxylic acids is 1. The highest BCUT2D eigenvalue weighted by molar-refractivity contribution is 5.80. The van der Waals surface area contributed by atoms with Gasteiger partial charge < -0.3 is 14.8 Å². The lowest BCUT2D eigenvalue weighted by molar-refractivity contribution is -0.151. The van der Waals surface area contributed by atoms with E-state index in [4.69, 9.17) is 9.47 Å². The molecule has 0 aromatic heterocycles. The van der Waals surface area contributed by atoms with E-state index in [-0.39, 0.29) is 5.97 Å². The molecule has 0 saturated heterocycles. The zero-order chi connectivity index (χ0) is 13.9. The van der Waals surface area contributed by atoms with Gasteiger partial charge in [-0.3, -0.25) is 4.79 Å². The number of carbonyl (C=O) groups is 1. The van der Waals surface area contributed by atoms with E-state index >= 15 is 0 Å². The van der Waals surface area contributed by atoms with Crippen LogP contribution < -0.4 is 5.32 Å². The van der Waals surface area contributed by atoms with Gasteiger partial charge in [-0.05, 0) is 39.7 Å². The van der Waals surface area contributed by atoms with Crippen molar-refractivity contribution in [3.05, 3.63) is 0 Å². The molecular weight excluding hydrogens is 230 g/mol. The van der Waals surface area contributed by atoms with Gasteiger partial charge in [-0.1, -0.05) is 20.3 Å². The average Bonchev–Trinajstić information content (AvgIpc) is 2.34. The first-order valence-electron chi connectivity index (χ1n) is 7.10. The van der Waals surface area contributed by atoms with Crippen LogP contribution in [0.3, 0.4) is 0 Å². The molecule has 0 aromatic carbocycles. The van der Waals surface area contributed by atoms with E-state index < -0.39 is 5.54 Å². The Kier molecular flexibility index (Phi) is 9.98. The van der Waals surface area contributed by atoms with Gasteiger partial charge in [-0.2, -0.15) is 0 Å². The highest BCUT2D eigenvalue weighted by Crippen LogP contribution is 2.15. The van der Waals surface area contributed by atoms with Gasteiger partial charge in [0, 0.05) is 13.2 Å². The van der Waals surface area contributed by atoms with Gasteiger partial charge in [0.15, 0.2) is 0 Å². The minimum Gasteiger partial charge on any atom is -0.465 e. The number of esters is 1. The molecule has 1 N–H and O–H groups in total. The Bertz CT molecular complexity index is 221. The van der Waals surface area contributed by atoms with E-state index in [1.807, 2.05) is 20.8 Å². The number of likely N-dealkylation sites (N-methyl/N-ethyl adjacent to an activating group) is 1. The average molecular weight is 259 g/mol. The summed E-state index contributed by atoms with van der Waals surface area (Å²) < 4.78 is 10.6. The third kappa shape index (κ3) is 6.97. The largest absolute Gasteiger partial charge is 0.465 e. The Morgan fingerprint density at radius 1 is 1.17 bits per heavy atom. The van der Waals surface area contributed by atoms with Crippen LogP contribution in [0.2, 0.25) is 0 Å². The summed E-state index contributed by atoms with van der Waals surface area (Å²) in [5.74, 6) is -0.166. The second-order valence-electron chi connectivity index (χ2n) is 4.65. The lowest BCUT2D eigenvalue weighted by Gasteiger charge is -2.28. The maximum atomic E-state index is 11.9. The molecule has 1 unspecified atom stereocenters. The molecule has 0 aromatic rings. The van der Waals surface area contributed by atoms with Crippen molar-refractivity contribution in [2.75, 3.05) is 26.4 Å². The zero-order valence-corrected chi connectivity index (χ0v) is 12.4. The van der Waals surface area contributed by atoms with Crippen molar-refractivity contribution >= 4 is 5.97 Å². The van der Waals surface area contributed by atoms with Crippen molar-refractivity contribution in [3.63, 3.8) is 0 Å². The molecule has 0 radical (unpaired) electrons. The zero-order valence-electron chi connectivity index (χ0n) is 12.4. The number of hydrogen-bond donors (Lipinski definition) is 1. The summed E-state index contributed by atoms with van der Waals surface area (Å²) in [6.07, 6.45) is 3.86. The molecule has 0 aliphatic carbocycles. The van der Waals surface area contributed by atoms with Gasteiger partial charge in [-0.15, -0.1) is 0 Å². The van der Waals surface area contributed by atoms with E-state index in [9.17, 15) is 4.79 Å². The van der Waals surface area contributed by atoms with Gasteiger partial charge >= 0.3 is 5.97 Å². The number of hydrogen-bond acceptors (Lipinski definition) is 4. The van der Waals surface area contributed by atoms with Crippen LogP contribution in [-0.4, -0.2) is 37.9 Å². The van der Waals surface area contributed by atoms with E-state index in [0.717, 1.165) is 38.8 Å². The minimum atomic E-state index is -0.584. The molecule has 0 spiro atoms. The van der Waals surface area contributed by atoms with Crippen LogP contribution in [0.25, 0.3) is 0 Å². The fourth-order valence-corrected chi connectivity index (χ4v) is 1.82. The summed E-state index contributed by atoms with van der Waals surface area (Å²) in [5, 5.41) is 3.22. The lowest BCUT2D eigenvalue weighted by Crippen LogP contribution is -2.50. The van der Waals surface area contributed by atoms with Crippen molar-refractivity contribution < 1.29 is 14.3 Å². The first-order valence-corrected chi connectivity index (χ1v) is 7.10. The topological polar surface area (TPSA) is 47.6 Å². The summed E-state index contributed by atoms with van der Waals surface area (Å²) in [6, 6.07) is 0. The highest BCUT2D eigenvalue weighted by atomic mass is 16.5. The second-order valence-corrected chi connectivity index (χ2v) is 4.65. The summed E-state index contributed by atoms with van der Waals surface area (Å²) in [6.45, 7) is 10.6. The SMILES string of the molecule is CCCCOCCCC(C)(NCC)C(=O)OCC. The summed E-state index contributed by atoms with van der Waals surface area (Å²) >= 11 is 0. The van der Waals surface area contributed by atoms with Crippen LogP contribution >= 0.6 is 0 Å². The molecule has 0 saturated carbocycles. The first kappa shape index (κ1) is 17.4. The maximum Gasteiger partial charge on any atom is 0.326 e. The monoisotopic (exact) mass is 259 g/mol. The van der Waals surface area contributed by atoms with Crippen molar-refractivity contribution in [1.82, 2.24) is 5.32 Å². The lowest BCUT2D eigenvalue weighted by atomic mass is 9.96. The van der Waals surface area contributed by atoms with Crippen molar-refractivity contribution in [2.45, 2.75) is 58.9 Å². The van der Waals surface area contributed by atoms with Crippen LogP contribution in [0.4, 0.5) is 0 Å². The van der Waals surface area contributed by atoms with E-state index in [0.29, 0.717) is 13.2 Å². The molecule has 108 valence electrons. The van der Waals surface area contributed by atoms with Crippen molar-refractivity contribution in [3.8, 4) is 0 Å². The molecule has 0 heterocycles. The van der Waals surface area contributed by atoms with Crippen LogP contribution in [0.15, 0.2) is 0 Å². The van der Waals surface area contributed by atoms with Crippen molar-refractivity contribution in [1.29, 1.82) is 0 Å². The first-order chi connectivity index (χ1) is 8.60. The molecule has 0 bridgehead atoms. The standard InChI is InChI=1S/C14H29NO3/c1-5-8-11-17-12-9-10-14(4,15-6-2)13(16)18-7-3/h15H,5-12H2,1-4H3. The van der Waals surface area contributed by atoms with Crippen LogP contribution in [0.5, 0.6) is 0 Å².